The van der Waals surface area contributed by atoms with Gasteiger partial charge in [-0.3, -0.25) is 0 Å². The Hall–Kier alpha value is -1.75. The Labute approximate surface area is 113 Å². The zero-order chi connectivity index (χ0) is 13.9. The quantitative estimate of drug-likeness (QED) is 0.784. The average Bonchev–Trinajstić information content (AvgIpc) is 2.76. The fraction of sp³-hybridized carbons (Fsp3) is 0.500. The summed E-state index contributed by atoms with van der Waals surface area (Å²) < 4.78 is 10.7. The zero-order valence-corrected chi connectivity index (χ0v) is 11.7. The first kappa shape index (κ1) is 13.7. The molecule has 0 unspecified atom stereocenters. The summed E-state index contributed by atoms with van der Waals surface area (Å²) in [5.74, 6) is 0. The maximum absolute atomic E-state index is 5.71. The fourth-order valence-corrected chi connectivity index (χ4v) is 1.80. The first-order valence-electron chi connectivity index (χ1n) is 6.39. The lowest BCUT2D eigenvalue weighted by molar-refractivity contribution is 0.156. The van der Waals surface area contributed by atoms with E-state index in [4.69, 9.17) is 14.9 Å². The van der Waals surface area contributed by atoms with E-state index in [1.54, 1.807) is 13.2 Å². The molecule has 0 fully saturated rings. The minimum absolute atomic E-state index is 0.121. The molecule has 0 saturated carbocycles. The van der Waals surface area contributed by atoms with Crippen molar-refractivity contribution in [1.29, 1.82) is 0 Å². The molecule has 0 radical (unpaired) electrons. The normalized spacial score (nSPS) is 11.9. The molecule has 1 aromatic carbocycles. The van der Waals surface area contributed by atoms with Gasteiger partial charge >= 0.3 is 0 Å². The maximum atomic E-state index is 5.71. The molecule has 104 valence electrons. The molecule has 5 heteroatoms. The van der Waals surface area contributed by atoms with Gasteiger partial charge in [-0.1, -0.05) is 13.8 Å². The molecular formula is C14H21N3O2. The number of aromatic nitrogens is 1. The number of methoxy groups -OCH3 is 1. The number of fused-ring (bicyclic) bond motifs is 1. The molecule has 0 aliphatic rings. The number of rotatable bonds is 6. The highest BCUT2D eigenvalue weighted by molar-refractivity contribution is 5.78. The van der Waals surface area contributed by atoms with Gasteiger partial charge in [-0.2, -0.15) is 4.98 Å². The lowest BCUT2D eigenvalue weighted by Gasteiger charge is -2.23. The fourth-order valence-electron chi connectivity index (χ4n) is 1.80. The lowest BCUT2D eigenvalue weighted by Crippen LogP contribution is -2.24. The van der Waals surface area contributed by atoms with Gasteiger partial charge in [-0.05, 0) is 24.0 Å². The number of ether oxygens (including phenoxy) is 1. The van der Waals surface area contributed by atoms with Crippen molar-refractivity contribution >= 4 is 22.8 Å². The number of benzene rings is 1. The Morgan fingerprint density at radius 2 is 2.21 bits per heavy atom. The largest absolute Gasteiger partial charge is 0.423 e. The van der Waals surface area contributed by atoms with Crippen molar-refractivity contribution in [2.75, 3.05) is 31.3 Å². The highest BCUT2D eigenvalue weighted by Gasteiger charge is 2.18. The topological polar surface area (TPSA) is 73.3 Å². The second-order valence-electron chi connectivity index (χ2n) is 5.51. The molecule has 0 amide bonds. The van der Waals surface area contributed by atoms with Gasteiger partial charge in [0.15, 0.2) is 5.58 Å². The van der Waals surface area contributed by atoms with E-state index in [9.17, 15) is 0 Å². The third-order valence-corrected chi connectivity index (χ3v) is 3.11. The molecule has 5 nitrogen and oxygen atoms in total. The van der Waals surface area contributed by atoms with Crippen LogP contribution in [0.5, 0.6) is 0 Å². The summed E-state index contributed by atoms with van der Waals surface area (Å²) in [6, 6.07) is 5.99. The van der Waals surface area contributed by atoms with Crippen molar-refractivity contribution in [3.8, 4) is 0 Å². The van der Waals surface area contributed by atoms with E-state index in [-0.39, 0.29) is 5.41 Å². The summed E-state index contributed by atoms with van der Waals surface area (Å²) in [4.78, 5) is 4.37. The Balaban J connectivity index is 2.01. The van der Waals surface area contributed by atoms with Crippen LogP contribution in [0.2, 0.25) is 0 Å². The van der Waals surface area contributed by atoms with Crippen LogP contribution in [0.25, 0.3) is 11.1 Å². The number of nitrogens with two attached hydrogens (primary N) is 1. The van der Waals surface area contributed by atoms with Crippen molar-refractivity contribution in [2.24, 2.45) is 5.41 Å². The van der Waals surface area contributed by atoms with E-state index in [0.29, 0.717) is 17.3 Å². The molecule has 1 heterocycles. The van der Waals surface area contributed by atoms with Gasteiger partial charge in [0.05, 0.1) is 0 Å². The van der Waals surface area contributed by atoms with Crippen LogP contribution in [0.3, 0.4) is 0 Å². The Kier molecular flexibility index (Phi) is 3.95. The number of anilines is 2. The number of nitrogens with one attached hydrogen (secondary N) is 1. The standard InChI is InChI=1S/C14H21N3O2/c1-14(2,6-7-18-3)9-16-13-17-11-5-4-10(15)8-12(11)19-13/h4-5,8H,6-7,9,15H2,1-3H3,(H,16,17). The second kappa shape index (κ2) is 5.48. The highest BCUT2D eigenvalue weighted by atomic mass is 16.5. The van der Waals surface area contributed by atoms with Gasteiger partial charge in [0.1, 0.15) is 5.52 Å². The van der Waals surface area contributed by atoms with Gasteiger partial charge in [-0.15, -0.1) is 0 Å². The van der Waals surface area contributed by atoms with Gasteiger partial charge < -0.3 is 20.2 Å². The van der Waals surface area contributed by atoms with Gasteiger partial charge in [0, 0.05) is 32.0 Å². The smallest absolute Gasteiger partial charge is 0.295 e. The first-order chi connectivity index (χ1) is 9.00. The summed E-state index contributed by atoms with van der Waals surface area (Å²) in [7, 11) is 1.72. The minimum Gasteiger partial charge on any atom is -0.423 e. The lowest BCUT2D eigenvalue weighted by atomic mass is 9.90. The first-order valence-corrected chi connectivity index (χ1v) is 6.39. The van der Waals surface area contributed by atoms with Gasteiger partial charge in [0.25, 0.3) is 6.01 Å². The van der Waals surface area contributed by atoms with Crippen LogP contribution in [0.4, 0.5) is 11.7 Å². The van der Waals surface area contributed by atoms with Crippen molar-refractivity contribution in [3.63, 3.8) is 0 Å². The van der Waals surface area contributed by atoms with Crippen molar-refractivity contribution in [2.45, 2.75) is 20.3 Å². The summed E-state index contributed by atoms with van der Waals surface area (Å²) >= 11 is 0. The second-order valence-corrected chi connectivity index (χ2v) is 5.51. The van der Waals surface area contributed by atoms with Crippen LogP contribution in [-0.4, -0.2) is 25.2 Å². The number of oxazole rings is 1. The van der Waals surface area contributed by atoms with Crippen LogP contribution in [0, 0.1) is 5.41 Å². The summed E-state index contributed by atoms with van der Waals surface area (Å²) in [6.07, 6.45) is 0.976. The van der Waals surface area contributed by atoms with E-state index < -0.39 is 0 Å². The maximum Gasteiger partial charge on any atom is 0.295 e. The molecule has 0 atom stereocenters. The Morgan fingerprint density at radius 1 is 1.42 bits per heavy atom. The van der Waals surface area contributed by atoms with Crippen LogP contribution < -0.4 is 11.1 Å². The van der Waals surface area contributed by atoms with Crippen LogP contribution in [0.1, 0.15) is 20.3 Å². The molecule has 3 N–H and O–H groups in total. The van der Waals surface area contributed by atoms with E-state index in [0.717, 1.165) is 25.1 Å². The van der Waals surface area contributed by atoms with Crippen molar-refractivity contribution < 1.29 is 9.15 Å². The van der Waals surface area contributed by atoms with Gasteiger partial charge in [-0.25, -0.2) is 0 Å². The van der Waals surface area contributed by atoms with E-state index >= 15 is 0 Å². The molecule has 0 aliphatic heterocycles. The van der Waals surface area contributed by atoms with Gasteiger partial charge in [0.2, 0.25) is 0 Å². The minimum atomic E-state index is 0.121. The monoisotopic (exact) mass is 263 g/mol. The molecule has 0 spiro atoms. The van der Waals surface area contributed by atoms with Crippen molar-refractivity contribution in [1.82, 2.24) is 4.98 Å². The molecule has 2 rings (SSSR count). The molecule has 0 aliphatic carbocycles. The zero-order valence-electron chi connectivity index (χ0n) is 11.7. The number of hydrogen-bond donors (Lipinski definition) is 2. The third kappa shape index (κ3) is 3.61. The predicted molar refractivity (Wildman–Crippen MR) is 77.2 cm³/mol. The molecule has 2 aromatic rings. The molecule has 0 saturated heterocycles. The van der Waals surface area contributed by atoms with E-state index in [1.165, 1.54) is 0 Å². The average molecular weight is 263 g/mol. The molecule has 1 aromatic heterocycles. The van der Waals surface area contributed by atoms with Crippen LogP contribution >= 0.6 is 0 Å². The molecular weight excluding hydrogens is 242 g/mol. The number of nitrogens with zero attached hydrogens (tertiary/aromatic N) is 1. The summed E-state index contributed by atoms with van der Waals surface area (Å²) in [5.41, 5.74) is 8.02. The van der Waals surface area contributed by atoms with E-state index in [1.807, 2.05) is 12.1 Å². The SMILES string of the molecule is COCCC(C)(C)CNc1nc2ccc(N)cc2o1. The number of hydrogen-bond acceptors (Lipinski definition) is 5. The Bertz CT molecular complexity index is 549. The molecule has 0 bridgehead atoms. The number of nitrogen functional groups attached to an aromatic ring is 1. The highest BCUT2D eigenvalue weighted by Crippen LogP contribution is 2.24. The molecule has 19 heavy (non-hydrogen) atoms. The predicted octanol–water partition coefficient (Wildman–Crippen LogP) is 2.88. The van der Waals surface area contributed by atoms with E-state index in [2.05, 4.69) is 24.1 Å². The van der Waals surface area contributed by atoms with Crippen LogP contribution in [0.15, 0.2) is 22.6 Å². The summed E-state index contributed by atoms with van der Waals surface area (Å²) in [6.45, 7) is 5.89. The Morgan fingerprint density at radius 3 is 2.95 bits per heavy atom. The third-order valence-electron chi connectivity index (χ3n) is 3.11. The van der Waals surface area contributed by atoms with Crippen molar-refractivity contribution in [3.05, 3.63) is 18.2 Å². The summed E-state index contributed by atoms with van der Waals surface area (Å²) in [5, 5.41) is 3.23. The van der Waals surface area contributed by atoms with Crippen LogP contribution in [-0.2, 0) is 4.74 Å².